The van der Waals surface area contributed by atoms with Gasteiger partial charge < -0.3 is 4.57 Å². The molecule has 1 aliphatic heterocycles. The molecule has 3 aromatic rings. The lowest BCUT2D eigenvalue weighted by Crippen LogP contribution is -2.43. The number of hydrazine groups is 1. The third-order valence-electron chi connectivity index (χ3n) is 7.86. The second-order valence-corrected chi connectivity index (χ2v) is 12.8. The van der Waals surface area contributed by atoms with E-state index in [0.29, 0.717) is 11.5 Å². The highest BCUT2D eigenvalue weighted by Gasteiger charge is 2.31. The summed E-state index contributed by atoms with van der Waals surface area (Å²) in [6, 6.07) is 13.2. The van der Waals surface area contributed by atoms with Crippen LogP contribution in [0.4, 0.5) is 0 Å². The van der Waals surface area contributed by atoms with Crippen LogP contribution in [0.3, 0.4) is 0 Å². The summed E-state index contributed by atoms with van der Waals surface area (Å²) in [6.45, 7) is 1.55. The second kappa shape index (κ2) is 11.1. The molecule has 0 atom stereocenters. The van der Waals surface area contributed by atoms with Crippen LogP contribution in [0.2, 0.25) is 0 Å². The minimum absolute atomic E-state index is 0.197. The number of benzene rings is 2. The Morgan fingerprint density at radius 1 is 0.976 bits per heavy atom. The number of hydrogen-bond acceptors (Lipinski definition) is 5. The number of hydrogen-bond donors (Lipinski definition) is 2. The number of rotatable bonds is 5. The molecule has 10 nitrogen and oxygen atoms in total. The highest BCUT2D eigenvalue weighted by atomic mass is 32.2. The SMILES string of the molecule is CC(=O)NN(C)C(=O)C1=Cc2ccccc2-c2c(C3CCCCC3)c3ccc(C(=O)NS(=O)(=O)N(C)C)cc3n2C1. The quantitative estimate of drug-likeness (QED) is 0.447. The van der Waals surface area contributed by atoms with E-state index in [0.717, 1.165) is 57.7 Å². The van der Waals surface area contributed by atoms with Gasteiger partial charge in [0.1, 0.15) is 0 Å². The van der Waals surface area contributed by atoms with Crippen LogP contribution in [0, 0.1) is 0 Å². The fraction of sp³-hybridized carbons (Fsp3) is 0.367. The second-order valence-electron chi connectivity index (χ2n) is 10.9. The monoisotopic (exact) mass is 577 g/mol. The van der Waals surface area contributed by atoms with Crippen molar-refractivity contribution in [3.63, 3.8) is 0 Å². The molecule has 1 aliphatic carbocycles. The van der Waals surface area contributed by atoms with Crippen molar-refractivity contribution in [3.05, 3.63) is 64.7 Å². The molecule has 0 bridgehead atoms. The molecule has 1 saturated carbocycles. The predicted molar refractivity (Wildman–Crippen MR) is 158 cm³/mol. The van der Waals surface area contributed by atoms with Gasteiger partial charge in [0, 0.05) is 55.7 Å². The first-order valence-corrected chi connectivity index (χ1v) is 15.2. The van der Waals surface area contributed by atoms with Crippen molar-refractivity contribution in [1.29, 1.82) is 0 Å². The smallest absolute Gasteiger partial charge is 0.303 e. The van der Waals surface area contributed by atoms with Crippen molar-refractivity contribution >= 4 is 44.9 Å². The molecule has 5 rings (SSSR count). The summed E-state index contributed by atoms with van der Waals surface area (Å²) < 4.78 is 29.9. The molecule has 2 aliphatic rings. The van der Waals surface area contributed by atoms with Crippen LogP contribution in [0.25, 0.3) is 28.2 Å². The highest BCUT2D eigenvalue weighted by Crippen LogP contribution is 2.46. The van der Waals surface area contributed by atoms with E-state index in [1.165, 1.54) is 45.1 Å². The number of nitrogens with one attached hydrogen (secondary N) is 2. The van der Waals surface area contributed by atoms with Gasteiger partial charge in [-0.3, -0.25) is 24.8 Å². The Hall–Kier alpha value is -3.96. The van der Waals surface area contributed by atoms with Gasteiger partial charge in [-0.2, -0.15) is 12.7 Å². The van der Waals surface area contributed by atoms with Crippen molar-refractivity contribution < 1.29 is 22.8 Å². The Labute approximate surface area is 240 Å². The van der Waals surface area contributed by atoms with Gasteiger partial charge >= 0.3 is 10.2 Å². The minimum atomic E-state index is -3.98. The van der Waals surface area contributed by atoms with E-state index in [1.54, 1.807) is 12.1 Å². The number of aromatic nitrogens is 1. The molecule has 0 unspecified atom stereocenters. The van der Waals surface area contributed by atoms with E-state index in [4.69, 9.17) is 0 Å². The molecule has 0 radical (unpaired) electrons. The molecule has 216 valence electrons. The molecule has 2 heterocycles. The van der Waals surface area contributed by atoms with Crippen LogP contribution >= 0.6 is 0 Å². The lowest BCUT2D eigenvalue weighted by molar-refractivity contribution is -0.136. The summed E-state index contributed by atoms with van der Waals surface area (Å²) in [4.78, 5) is 38.3. The van der Waals surface area contributed by atoms with Gasteiger partial charge in [-0.15, -0.1) is 0 Å². The Morgan fingerprint density at radius 3 is 2.37 bits per heavy atom. The lowest BCUT2D eigenvalue weighted by Gasteiger charge is -2.24. The van der Waals surface area contributed by atoms with Gasteiger partial charge in [-0.05, 0) is 48.1 Å². The zero-order valence-corrected chi connectivity index (χ0v) is 24.5. The Balaban J connectivity index is 1.72. The first-order chi connectivity index (χ1) is 19.5. The molecule has 2 aromatic carbocycles. The molecule has 0 saturated heterocycles. The number of fused-ring (bicyclic) bond motifs is 5. The van der Waals surface area contributed by atoms with Crippen LogP contribution in [-0.2, 0) is 26.3 Å². The van der Waals surface area contributed by atoms with Crippen LogP contribution < -0.4 is 10.1 Å². The molecule has 41 heavy (non-hydrogen) atoms. The van der Waals surface area contributed by atoms with E-state index < -0.39 is 16.1 Å². The summed E-state index contributed by atoms with van der Waals surface area (Å²) in [5.74, 6) is -1.13. The Bertz CT molecular complexity index is 1680. The van der Waals surface area contributed by atoms with E-state index >= 15 is 0 Å². The van der Waals surface area contributed by atoms with E-state index in [9.17, 15) is 22.8 Å². The molecule has 2 N–H and O–H groups in total. The van der Waals surface area contributed by atoms with Crippen molar-refractivity contribution in [2.45, 2.75) is 51.5 Å². The number of likely N-dealkylation sites (N-methyl/N-ethyl adjacent to an activating group) is 1. The summed E-state index contributed by atoms with van der Waals surface area (Å²) in [7, 11) is 0.230. The highest BCUT2D eigenvalue weighted by molar-refractivity contribution is 7.87. The summed E-state index contributed by atoms with van der Waals surface area (Å²) in [5.41, 5.74) is 8.01. The first kappa shape index (κ1) is 28.6. The fourth-order valence-corrected chi connectivity index (χ4v) is 6.45. The van der Waals surface area contributed by atoms with Gasteiger partial charge in [0.05, 0.1) is 12.2 Å². The Morgan fingerprint density at radius 2 is 1.68 bits per heavy atom. The number of amides is 3. The van der Waals surface area contributed by atoms with Crippen LogP contribution in [0.1, 0.15) is 66.4 Å². The molecule has 11 heteroatoms. The van der Waals surface area contributed by atoms with E-state index in [-0.39, 0.29) is 23.9 Å². The number of carbonyl (C=O) groups excluding carboxylic acids is 3. The average molecular weight is 578 g/mol. The van der Waals surface area contributed by atoms with E-state index in [1.807, 2.05) is 36.4 Å². The van der Waals surface area contributed by atoms with Gasteiger partial charge in [0.25, 0.3) is 11.8 Å². The molecular formula is C30H35N5O5S. The topological polar surface area (TPSA) is 121 Å². The maximum atomic E-state index is 13.5. The fourth-order valence-electron chi connectivity index (χ4n) is 5.92. The zero-order chi connectivity index (χ0) is 29.5. The lowest BCUT2D eigenvalue weighted by atomic mass is 9.81. The van der Waals surface area contributed by atoms with Crippen molar-refractivity contribution in [2.75, 3.05) is 21.1 Å². The minimum Gasteiger partial charge on any atom is -0.335 e. The van der Waals surface area contributed by atoms with Crippen molar-refractivity contribution in [2.24, 2.45) is 0 Å². The van der Waals surface area contributed by atoms with Crippen LogP contribution in [0.15, 0.2) is 48.0 Å². The van der Waals surface area contributed by atoms with Crippen LogP contribution in [0.5, 0.6) is 0 Å². The largest absolute Gasteiger partial charge is 0.335 e. The summed E-state index contributed by atoms with van der Waals surface area (Å²) in [6.07, 6.45) is 7.40. The summed E-state index contributed by atoms with van der Waals surface area (Å²) >= 11 is 0. The predicted octanol–water partition coefficient (Wildman–Crippen LogP) is 3.80. The zero-order valence-electron chi connectivity index (χ0n) is 23.7. The van der Waals surface area contributed by atoms with Gasteiger partial charge in [-0.25, -0.2) is 4.72 Å². The maximum Gasteiger partial charge on any atom is 0.303 e. The normalized spacial score (nSPS) is 15.5. The van der Waals surface area contributed by atoms with Gasteiger partial charge in [0.2, 0.25) is 5.91 Å². The molecule has 1 fully saturated rings. The third-order valence-corrected chi connectivity index (χ3v) is 9.27. The van der Waals surface area contributed by atoms with Crippen LogP contribution in [-0.4, -0.2) is 61.2 Å². The third kappa shape index (κ3) is 5.51. The number of carbonyl (C=O) groups is 3. The average Bonchev–Trinajstić information content (AvgIpc) is 3.14. The molecular weight excluding hydrogens is 542 g/mol. The summed E-state index contributed by atoms with van der Waals surface area (Å²) in [5, 5.41) is 2.16. The van der Waals surface area contributed by atoms with Gasteiger partial charge in [0.15, 0.2) is 0 Å². The van der Waals surface area contributed by atoms with E-state index in [2.05, 4.69) is 14.7 Å². The Kier molecular flexibility index (Phi) is 7.76. The number of nitrogens with zero attached hydrogens (tertiary/aromatic N) is 3. The van der Waals surface area contributed by atoms with Gasteiger partial charge in [-0.1, -0.05) is 49.6 Å². The van der Waals surface area contributed by atoms with Crippen molar-refractivity contribution in [1.82, 2.24) is 24.0 Å². The first-order valence-electron chi connectivity index (χ1n) is 13.7. The standard InChI is InChI=1S/C30H35N5O5S/c1-19(36)31-34(4)30(38)23-16-21-12-8-9-13-24(21)28-27(20-10-6-5-7-11-20)25-15-14-22(17-26(25)35(28)18-23)29(37)32-41(39,40)33(2)3/h8-9,12-17,20H,5-7,10-11,18H2,1-4H3,(H,31,36)(H,32,37). The molecule has 3 amide bonds. The molecule has 0 spiro atoms. The molecule has 1 aromatic heterocycles. The van der Waals surface area contributed by atoms with Crippen molar-refractivity contribution in [3.8, 4) is 11.3 Å². The maximum absolute atomic E-state index is 13.5.